The largest absolute Gasteiger partial charge is 0.314 e. The van der Waals surface area contributed by atoms with Crippen LogP contribution in [0.15, 0.2) is 18.2 Å². The Kier molecular flexibility index (Phi) is 3.86. The Balaban J connectivity index is 2.90. The minimum Gasteiger partial charge on any atom is -0.314 e. The molecule has 0 heterocycles. The molecule has 1 aromatic rings. The number of aryl methyl sites for hydroxylation is 2. The molecular formula is C12H18N2O. The topological polar surface area (TPSA) is 32.3 Å². The van der Waals surface area contributed by atoms with Crippen molar-refractivity contribution in [1.82, 2.24) is 5.32 Å². The van der Waals surface area contributed by atoms with E-state index in [9.17, 15) is 4.79 Å². The molecule has 0 saturated carbocycles. The first-order valence-corrected chi connectivity index (χ1v) is 5.04. The normalized spacial score (nSPS) is 10.1. The molecule has 0 spiro atoms. The molecule has 0 saturated heterocycles. The fourth-order valence-electron chi connectivity index (χ4n) is 1.56. The molecule has 15 heavy (non-hydrogen) atoms. The summed E-state index contributed by atoms with van der Waals surface area (Å²) in [6, 6.07) is 6.13. The van der Waals surface area contributed by atoms with Crippen molar-refractivity contribution in [3.05, 3.63) is 29.3 Å². The third kappa shape index (κ3) is 3.06. The summed E-state index contributed by atoms with van der Waals surface area (Å²) in [6.07, 6.45) is 0. The highest BCUT2D eigenvalue weighted by molar-refractivity contribution is 5.94. The maximum Gasteiger partial charge on any atom is 0.240 e. The molecule has 3 nitrogen and oxygen atoms in total. The fourth-order valence-corrected chi connectivity index (χ4v) is 1.56. The average Bonchev–Trinajstić information content (AvgIpc) is 2.15. The van der Waals surface area contributed by atoms with Gasteiger partial charge in [0.05, 0.1) is 6.54 Å². The van der Waals surface area contributed by atoms with E-state index in [2.05, 4.69) is 11.4 Å². The number of rotatable bonds is 3. The second kappa shape index (κ2) is 4.94. The monoisotopic (exact) mass is 206 g/mol. The van der Waals surface area contributed by atoms with Crippen molar-refractivity contribution in [2.45, 2.75) is 13.8 Å². The minimum atomic E-state index is 0.0718. The lowest BCUT2D eigenvalue weighted by molar-refractivity contribution is -0.117. The number of hydrogen-bond donors (Lipinski definition) is 1. The Morgan fingerprint density at radius 3 is 2.27 bits per heavy atom. The third-order valence-corrected chi connectivity index (χ3v) is 2.30. The molecule has 0 aliphatic rings. The van der Waals surface area contributed by atoms with Crippen LogP contribution in [0.5, 0.6) is 0 Å². The lowest BCUT2D eigenvalue weighted by atomic mass is 10.1. The maximum absolute atomic E-state index is 11.6. The van der Waals surface area contributed by atoms with Gasteiger partial charge in [-0.05, 0) is 44.2 Å². The Morgan fingerprint density at radius 1 is 1.27 bits per heavy atom. The molecule has 0 bridgehead atoms. The number of hydrogen-bond acceptors (Lipinski definition) is 2. The van der Waals surface area contributed by atoms with Gasteiger partial charge in [0.2, 0.25) is 5.91 Å². The van der Waals surface area contributed by atoms with Gasteiger partial charge in [0.15, 0.2) is 0 Å². The van der Waals surface area contributed by atoms with Crippen LogP contribution in [0.3, 0.4) is 0 Å². The highest BCUT2D eigenvalue weighted by Crippen LogP contribution is 2.17. The van der Waals surface area contributed by atoms with Crippen LogP contribution in [-0.4, -0.2) is 26.5 Å². The highest BCUT2D eigenvalue weighted by Gasteiger charge is 2.09. The molecule has 1 amide bonds. The molecule has 3 heteroatoms. The zero-order valence-corrected chi connectivity index (χ0v) is 9.79. The first-order valence-electron chi connectivity index (χ1n) is 5.04. The van der Waals surface area contributed by atoms with Gasteiger partial charge in [0, 0.05) is 12.7 Å². The smallest absolute Gasteiger partial charge is 0.240 e. The van der Waals surface area contributed by atoms with Crippen molar-refractivity contribution in [2.75, 3.05) is 25.5 Å². The van der Waals surface area contributed by atoms with Crippen molar-refractivity contribution < 1.29 is 4.79 Å². The summed E-state index contributed by atoms with van der Waals surface area (Å²) in [5, 5.41) is 2.86. The Bertz CT molecular complexity index is 340. The van der Waals surface area contributed by atoms with Gasteiger partial charge in [-0.15, -0.1) is 0 Å². The van der Waals surface area contributed by atoms with E-state index in [-0.39, 0.29) is 5.91 Å². The number of nitrogens with one attached hydrogen (secondary N) is 1. The standard InChI is InChI=1S/C12H18N2O/c1-9-5-10(2)7-11(6-9)14(4)12(15)8-13-3/h5-7,13H,8H2,1-4H3. The molecular weight excluding hydrogens is 188 g/mol. The van der Waals surface area contributed by atoms with Crippen molar-refractivity contribution in [1.29, 1.82) is 0 Å². The Hall–Kier alpha value is -1.35. The summed E-state index contributed by atoms with van der Waals surface area (Å²) in [5.74, 6) is 0.0718. The molecule has 0 aliphatic heterocycles. The van der Waals surface area contributed by atoms with Crippen LogP contribution < -0.4 is 10.2 Å². The molecule has 0 fully saturated rings. The second-order valence-corrected chi connectivity index (χ2v) is 3.83. The third-order valence-electron chi connectivity index (χ3n) is 2.30. The molecule has 1 rings (SSSR count). The van der Waals surface area contributed by atoms with Crippen LogP contribution in [0, 0.1) is 13.8 Å². The van der Waals surface area contributed by atoms with Crippen LogP contribution >= 0.6 is 0 Å². The van der Waals surface area contributed by atoms with E-state index in [0.717, 1.165) is 5.69 Å². The van der Waals surface area contributed by atoms with Crippen molar-refractivity contribution in [3.8, 4) is 0 Å². The van der Waals surface area contributed by atoms with Gasteiger partial charge in [0.25, 0.3) is 0 Å². The minimum absolute atomic E-state index is 0.0718. The molecule has 82 valence electrons. The molecule has 0 radical (unpaired) electrons. The van der Waals surface area contributed by atoms with E-state index >= 15 is 0 Å². The van der Waals surface area contributed by atoms with Crippen LogP contribution in [-0.2, 0) is 4.79 Å². The highest BCUT2D eigenvalue weighted by atomic mass is 16.2. The summed E-state index contributed by atoms with van der Waals surface area (Å²) >= 11 is 0. The number of benzene rings is 1. The van der Waals surface area contributed by atoms with E-state index in [1.165, 1.54) is 11.1 Å². The van der Waals surface area contributed by atoms with Gasteiger partial charge in [0.1, 0.15) is 0 Å². The number of likely N-dealkylation sites (N-methyl/N-ethyl adjacent to an activating group) is 2. The first kappa shape index (κ1) is 11.7. The lowest BCUT2D eigenvalue weighted by Gasteiger charge is -2.18. The number of carbonyl (C=O) groups excluding carboxylic acids is 1. The molecule has 0 aliphatic carbocycles. The quantitative estimate of drug-likeness (QED) is 0.812. The van der Waals surface area contributed by atoms with Crippen molar-refractivity contribution in [2.24, 2.45) is 0 Å². The SMILES string of the molecule is CNCC(=O)N(C)c1cc(C)cc(C)c1. The summed E-state index contributed by atoms with van der Waals surface area (Å²) in [7, 11) is 3.57. The number of carbonyl (C=O) groups is 1. The van der Waals surface area contributed by atoms with Crippen LogP contribution in [0.25, 0.3) is 0 Å². The van der Waals surface area contributed by atoms with Gasteiger partial charge < -0.3 is 10.2 Å². The zero-order chi connectivity index (χ0) is 11.4. The Morgan fingerprint density at radius 2 is 1.80 bits per heavy atom. The molecule has 0 atom stereocenters. The number of anilines is 1. The van der Waals surface area contributed by atoms with E-state index in [1.54, 1.807) is 19.0 Å². The first-order chi connectivity index (χ1) is 7.04. The summed E-state index contributed by atoms with van der Waals surface area (Å²) < 4.78 is 0. The van der Waals surface area contributed by atoms with Crippen LogP contribution in [0.4, 0.5) is 5.69 Å². The van der Waals surface area contributed by atoms with E-state index in [4.69, 9.17) is 0 Å². The maximum atomic E-state index is 11.6. The fraction of sp³-hybridized carbons (Fsp3) is 0.417. The van der Waals surface area contributed by atoms with Crippen LogP contribution in [0.2, 0.25) is 0 Å². The van der Waals surface area contributed by atoms with E-state index < -0.39 is 0 Å². The predicted molar refractivity (Wildman–Crippen MR) is 63.3 cm³/mol. The van der Waals surface area contributed by atoms with Crippen molar-refractivity contribution >= 4 is 11.6 Å². The predicted octanol–water partition coefficient (Wildman–Crippen LogP) is 1.49. The summed E-state index contributed by atoms with van der Waals surface area (Å²) in [5.41, 5.74) is 3.30. The van der Waals surface area contributed by atoms with Gasteiger partial charge in [-0.25, -0.2) is 0 Å². The zero-order valence-electron chi connectivity index (χ0n) is 9.79. The average molecular weight is 206 g/mol. The molecule has 0 aromatic heterocycles. The van der Waals surface area contributed by atoms with Crippen molar-refractivity contribution in [3.63, 3.8) is 0 Å². The van der Waals surface area contributed by atoms with Crippen LogP contribution in [0.1, 0.15) is 11.1 Å². The lowest BCUT2D eigenvalue weighted by Crippen LogP contribution is -2.34. The summed E-state index contributed by atoms with van der Waals surface area (Å²) in [4.78, 5) is 13.3. The molecule has 0 unspecified atom stereocenters. The van der Waals surface area contributed by atoms with Gasteiger partial charge in [-0.1, -0.05) is 6.07 Å². The number of amides is 1. The van der Waals surface area contributed by atoms with E-state index in [0.29, 0.717) is 6.54 Å². The summed E-state index contributed by atoms with van der Waals surface area (Å²) in [6.45, 7) is 4.43. The molecule has 1 N–H and O–H groups in total. The van der Waals surface area contributed by atoms with Gasteiger partial charge >= 0.3 is 0 Å². The second-order valence-electron chi connectivity index (χ2n) is 3.83. The number of nitrogens with zero attached hydrogens (tertiary/aromatic N) is 1. The molecule has 1 aromatic carbocycles. The Labute approximate surface area is 91.1 Å². The van der Waals surface area contributed by atoms with E-state index in [1.807, 2.05) is 26.0 Å². The van der Waals surface area contributed by atoms with Gasteiger partial charge in [-0.2, -0.15) is 0 Å². The van der Waals surface area contributed by atoms with Gasteiger partial charge in [-0.3, -0.25) is 4.79 Å².